The van der Waals surface area contributed by atoms with Gasteiger partial charge in [0.2, 0.25) is 0 Å². The van der Waals surface area contributed by atoms with Crippen LogP contribution in [0.3, 0.4) is 0 Å². The maximum atomic E-state index is 12.3. The SMILES string of the molecule is CC1(CO)CCCC1NC(=O)NC1CCOc2ccccc21. The standard InChI is InChI=1S/C17H24N2O3/c1-17(11-20)9-4-7-15(17)19-16(21)18-13-8-10-22-14-6-3-2-5-12(13)14/h2-3,5-6,13,15,20H,4,7-11H2,1H3,(H2,18,19,21). The molecule has 3 N–H and O–H groups in total. The molecule has 5 heteroatoms. The minimum atomic E-state index is -0.203. The Balaban J connectivity index is 1.63. The van der Waals surface area contributed by atoms with Crippen molar-refractivity contribution < 1.29 is 14.6 Å². The number of ether oxygens (including phenoxy) is 1. The molecule has 1 aliphatic heterocycles. The third-order valence-corrected chi connectivity index (χ3v) is 5.01. The summed E-state index contributed by atoms with van der Waals surface area (Å²) in [5, 5.41) is 15.7. The molecule has 2 amide bonds. The summed E-state index contributed by atoms with van der Waals surface area (Å²) in [6.45, 7) is 2.76. The van der Waals surface area contributed by atoms with E-state index in [0.717, 1.165) is 37.0 Å². The van der Waals surface area contributed by atoms with Gasteiger partial charge in [-0.25, -0.2) is 4.79 Å². The van der Waals surface area contributed by atoms with Crippen LogP contribution in [-0.4, -0.2) is 30.4 Å². The number of rotatable bonds is 3. The number of para-hydroxylation sites is 1. The molecule has 1 aromatic carbocycles. The lowest BCUT2D eigenvalue weighted by atomic mass is 9.86. The number of benzene rings is 1. The molecule has 0 saturated heterocycles. The molecule has 1 heterocycles. The number of hydrogen-bond donors (Lipinski definition) is 3. The largest absolute Gasteiger partial charge is 0.493 e. The van der Waals surface area contributed by atoms with Crippen molar-refractivity contribution in [3.05, 3.63) is 29.8 Å². The molecule has 1 fully saturated rings. The molecule has 0 radical (unpaired) electrons. The van der Waals surface area contributed by atoms with Crippen molar-refractivity contribution in [1.82, 2.24) is 10.6 Å². The summed E-state index contributed by atoms with van der Waals surface area (Å²) in [5.74, 6) is 0.847. The van der Waals surface area contributed by atoms with Crippen molar-refractivity contribution in [1.29, 1.82) is 0 Å². The lowest BCUT2D eigenvalue weighted by molar-refractivity contribution is 0.120. The van der Waals surface area contributed by atoms with Gasteiger partial charge in [0, 0.05) is 23.4 Å². The van der Waals surface area contributed by atoms with Gasteiger partial charge in [0.15, 0.2) is 0 Å². The summed E-state index contributed by atoms with van der Waals surface area (Å²) < 4.78 is 5.61. The van der Waals surface area contributed by atoms with Crippen molar-refractivity contribution >= 4 is 6.03 Å². The average molecular weight is 304 g/mol. The normalized spacial score (nSPS) is 30.3. The molecular formula is C17H24N2O3. The van der Waals surface area contributed by atoms with E-state index < -0.39 is 0 Å². The van der Waals surface area contributed by atoms with Crippen molar-refractivity contribution in [2.45, 2.75) is 44.7 Å². The van der Waals surface area contributed by atoms with Crippen LogP contribution in [0.2, 0.25) is 0 Å². The van der Waals surface area contributed by atoms with Gasteiger partial charge in [-0.1, -0.05) is 31.5 Å². The van der Waals surface area contributed by atoms with E-state index in [1.54, 1.807) is 0 Å². The number of carbonyl (C=O) groups is 1. The van der Waals surface area contributed by atoms with Gasteiger partial charge in [-0.15, -0.1) is 0 Å². The maximum Gasteiger partial charge on any atom is 0.315 e. The predicted molar refractivity (Wildman–Crippen MR) is 83.8 cm³/mol. The number of amides is 2. The first kappa shape index (κ1) is 15.2. The highest BCUT2D eigenvalue weighted by Crippen LogP contribution is 2.37. The quantitative estimate of drug-likeness (QED) is 0.803. The summed E-state index contributed by atoms with van der Waals surface area (Å²) >= 11 is 0. The van der Waals surface area contributed by atoms with E-state index >= 15 is 0 Å². The van der Waals surface area contributed by atoms with Crippen LogP contribution < -0.4 is 15.4 Å². The fourth-order valence-electron chi connectivity index (χ4n) is 3.52. The number of hydrogen-bond acceptors (Lipinski definition) is 3. The highest BCUT2D eigenvalue weighted by Gasteiger charge is 2.39. The fourth-order valence-corrected chi connectivity index (χ4v) is 3.52. The Kier molecular flexibility index (Phi) is 4.25. The number of aliphatic hydroxyl groups excluding tert-OH is 1. The van der Waals surface area contributed by atoms with Crippen LogP contribution in [-0.2, 0) is 0 Å². The van der Waals surface area contributed by atoms with E-state index in [4.69, 9.17) is 4.74 Å². The lowest BCUT2D eigenvalue weighted by Crippen LogP contribution is -2.49. The fraction of sp³-hybridized carbons (Fsp3) is 0.588. The van der Waals surface area contributed by atoms with Crippen LogP contribution in [0.1, 0.15) is 44.2 Å². The number of aliphatic hydroxyl groups is 1. The molecular weight excluding hydrogens is 280 g/mol. The Morgan fingerprint density at radius 3 is 3.00 bits per heavy atom. The average Bonchev–Trinajstić information content (AvgIpc) is 2.89. The summed E-state index contributed by atoms with van der Waals surface area (Å²) in [6.07, 6.45) is 3.69. The van der Waals surface area contributed by atoms with E-state index in [-0.39, 0.29) is 30.1 Å². The molecule has 0 bridgehead atoms. The topological polar surface area (TPSA) is 70.6 Å². The molecule has 1 saturated carbocycles. The zero-order chi connectivity index (χ0) is 15.6. The number of fused-ring (bicyclic) bond motifs is 1. The van der Waals surface area contributed by atoms with Gasteiger partial charge in [0.1, 0.15) is 5.75 Å². The van der Waals surface area contributed by atoms with Gasteiger partial charge >= 0.3 is 6.03 Å². The minimum absolute atomic E-state index is 0.0215. The molecule has 120 valence electrons. The zero-order valence-corrected chi connectivity index (χ0v) is 13.0. The van der Waals surface area contributed by atoms with E-state index in [2.05, 4.69) is 10.6 Å². The smallest absolute Gasteiger partial charge is 0.315 e. The van der Waals surface area contributed by atoms with Crippen molar-refractivity contribution in [3.8, 4) is 5.75 Å². The Morgan fingerprint density at radius 2 is 2.18 bits per heavy atom. The lowest BCUT2D eigenvalue weighted by Gasteiger charge is -2.32. The van der Waals surface area contributed by atoms with E-state index in [9.17, 15) is 9.90 Å². The van der Waals surface area contributed by atoms with Crippen LogP contribution in [0.5, 0.6) is 5.75 Å². The summed E-state index contributed by atoms with van der Waals surface area (Å²) in [4.78, 5) is 12.3. The third-order valence-electron chi connectivity index (χ3n) is 5.01. The molecule has 3 unspecified atom stereocenters. The summed E-state index contributed by atoms with van der Waals surface area (Å²) in [5.41, 5.74) is 0.825. The number of urea groups is 1. The van der Waals surface area contributed by atoms with Gasteiger partial charge in [0.25, 0.3) is 0 Å². The maximum absolute atomic E-state index is 12.3. The number of nitrogens with one attached hydrogen (secondary N) is 2. The second-order valence-electron chi connectivity index (χ2n) is 6.60. The van der Waals surface area contributed by atoms with Gasteiger partial charge < -0.3 is 20.5 Å². The van der Waals surface area contributed by atoms with Gasteiger partial charge in [-0.3, -0.25) is 0 Å². The Labute approximate surface area is 131 Å². The molecule has 0 spiro atoms. The molecule has 5 nitrogen and oxygen atoms in total. The highest BCUT2D eigenvalue weighted by molar-refractivity contribution is 5.75. The van der Waals surface area contributed by atoms with Crippen LogP contribution in [0, 0.1) is 5.41 Å². The summed E-state index contributed by atoms with van der Waals surface area (Å²) in [7, 11) is 0. The molecule has 2 aliphatic rings. The first-order chi connectivity index (χ1) is 10.6. The van der Waals surface area contributed by atoms with Crippen molar-refractivity contribution in [2.24, 2.45) is 5.41 Å². The second kappa shape index (κ2) is 6.16. The molecule has 1 aromatic rings. The van der Waals surface area contributed by atoms with E-state index in [0.29, 0.717) is 6.61 Å². The molecule has 3 rings (SSSR count). The van der Waals surface area contributed by atoms with Gasteiger partial charge in [-0.05, 0) is 18.9 Å². The molecule has 3 atom stereocenters. The van der Waals surface area contributed by atoms with Crippen LogP contribution in [0.15, 0.2) is 24.3 Å². The zero-order valence-electron chi connectivity index (χ0n) is 13.0. The predicted octanol–water partition coefficient (Wildman–Crippen LogP) is 2.36. The van der Waals surface area contributed by atoms with E-state index in [1.807, 2.05) is 31.2 Å². The van der Waals surface area contributed by atoms with Gasteiger partial charge in [-0.2, -0.15) is 0 Å². The Hall–Kier alpha value is -1.75. The van der Waals surface area contributed by atoms with Crippen LogP contribution in [0.25, 0.3) is 0 Å². The molecule has 22 heavy (non-hydrogen) atoms. The first-order valence-corrected chi connectivity index (χ1v) is 8.02. The van der Waals surface area contributed by atoms with Crippen molar-refractivity contribution in [2.75, 3.05) is 13.2 Å². The summed E-state index contributed by atoms with van der Waals surface area (Å²) in [6, 6.07) is 7.67. The molecule has 0 aromatic heterocycles. The molecule has 1 aliphatic carbocycles. The number of carbonyl (C=O) groups excluding carboxylic acids is 1. The highest BCUT2D eigenvalue weighted by atomic mass is 16.5. The van der Waals surface area contributed by atoms with Crippen LogP contribution in [0.4, 0.5) is 4.79 Å². The van der Waals surface area contributed by atoms with Crippen molar-refractivity contribution in [3.63, 3.8) is 0 Å². The Bertz CT molecular complexity index is 548. The monoisotopic (exact) mass is 304 g/mol. The van der Waals surface area contributed by atoms with E-state index in [1.165, 1.54) is 0 Å². The van der Waals surface area contributed by atoms with Crippen LogP contribution >= 0.6 is 0 Å². The first-order valence-electron chi connectivity index (χ1n) is 8.02. The Morgan fingerprint density at radius 1 is 1.36 bits per heavy atom. The minimum Gasteiger partial charge on any atom is -0.493 e. The van der Waals surface area contributed by atoms with Gasteiger partial charge in [0.05, 0.1) is 19.3 Å². The third kappa shape index (κ3) is 2.90. The second-order valence-corrected chi connectivity index (χ2v) is 6.60.